The highest BCUT2D eigenvalue weighted by molar-refractivity contribution is 7.92. The summed E-state index contributed by atoms with van der Waals surface area (Å²) in [7, 11) is -3.18. The molecular weight excluding hydrogens is 552 g/mol. The Kier molecular flexibility index (Phi) is 7.18. The number of ether oxygens (including phenoxy) is 1. The average molecular weight is 578 g/mol. The van der Waals surface area contributed by atoms with Gasteiger partial charge in [0.1, 0.15) is 22.2 Å². The molecule has 3 N–H and O–H groups in total. The van der Waals surface area contributed by atoms with Crippen LogP contribution < -0.4 is 20.8 Å². The summed E-state index contributed by atoms with van der Waals surface area (Å²) in [6.07, 6.45) is 1.44. The molecule has 9 nitrogen and oxygen atoms in total. The maximum absolute atomic E-state index is 14.3. The third kappa shape index (κ3) is 5.21. The maximum atomic E-state index is 14.3. The molecular formula is C29H25F2N5O4S. The molecule has 2 heterocycles. The van der Waals surface area contributed by atoms with E-state index in [2.05, 4.69) is 14.7 Å². The van der Waals surface area contributed by atoms with Gasteiger partial charge in [0.25, 0.3) is 15.6 Å². The van der Waals surface area contributed by atoms with E-state index in [1.807, 2.05) is 32.0 Å². The van der Waals surface area contributed by atoms with Gasteiger partial charge in [0.2, 0.25) is 11.8 Å². The molecule has 0 unspecified atom stereocenters. The van der Waals surface area contributed by atoms with Crippen LogP contribution in [-0.4, -0.2) is 30.1 Å². The van der Waals surface area contributed by atoms with Gasteiger partial charge in [-0.25, -0.2) is 31.7 Å². The Bertz CT molecular complexity index is 1980. The SMILES string of the molecule is COc1ncc(-c2ccc3nc(N)n(-c4ccccc4C(C)C)c(=O)c3c2)cc1NS(=O)(=O)c1ccc(F)cc1F. The number of sulfonamides is 1. The quantitative estimate of drug-likeness (QED) is 0.271. The zero-order valence-corrected chi connectivity index (χ0v) is 23.0. The Labute approximate surface area is 234 Å². The number of rotatable bonds is 7. The predicted octanol–water partition coefficient (Wildman–Crippen LogP) is 5.24. The lowest BCUT2D eigenvalue weighted by atomic mass is 10.0. The highest BCUT2D eigenvalue weighted by Gasteiger charge is 2.23. The molecule has 3 aromatic carbocycles. The predicted molar refractivity (Wildman–Crippen MR) is 153 cm³/mol. The minimum atomic E-state index is -4.47. The van der Waals surface area contributed by atoms with Crippen molar-refractivity contribution in [3.63, 3.8) is 0 Å². The van der Waals surface area contributed by atoms with Gasteiger partial charge in [-0.1, -0.05) is 38.1 Å². The molecule has 5 rings (SSSR count). The molecule has 0 saturated heterocycles. The topological polar surface area (TPSA) is 129 Å². The number of nitrogens with zero attached hydrogens (tertiary/aromatic N) is 3. The van der Waals surface area contributed by atoms with Gasteiger partial charge >= 0.3 is 0 Å². The van der Waals surface area contributed by atoms with Crippen LogP contribution in [0, 0.1) is 11.6 Å². The largest absolute Gasteiger partial charge is 0.480 e. The molecule has 0 radical (unpaired) electrons. The van der Waals surface area contributed by atoms with Crippen LogP contribution in [0.4, 0.5) is 20.4 Å². The minimum absolute atomic E-state index is 0.0409. The molecule has 0 spiro atoms. The molecule has 0 aliphatic rings. The van der Waals surface area contributed by atoms with Gasteiger partial charge in [-0.05, 0) is 53.4 Å². The van der Waals surface area contributed by atoms with Crippen molar-refractivity contribution < 1.29 is 21.9 Å². The summed E-state index contributed by atoms with van der Waals surface area (Å²) >= 11 is 0. The Morgan fingerprint density at radius 2 is 1.76 bits per heavy atom. The smallest absolute Gasteiger partial charge is 0.267 e. The number of halogens is 2. The number of para-hydroxylation sites is 1. The van der Waals surface area contributed by atoms with Gasteiger partial charge in [0, 0.05) is 17.8 Å². The Morgan fingerprint density at radius 1 is 1.00 bits per heavy atom. The molecule has 0 aliphatic carbocycles. The van der Waals surface area contributed by atoms with Crippen LogP contribution in [0.3, 0.4) is 0 Å². The molecule has 2 aromatic heterocycles. The van der Waals surface area contributed by atoms with Crippen LogP contribution in [0.15, 0.2) is 82.6 Å². The lowest BCUT2D eigenvalue weighted by Gasteiger charge is -2.17. The fourth-order valence-corrected chi connectivity index (χ4v) is 5.64. The molecule has 41 heavy (non-hydrogen) atoms. The van der Waals surface area contributed by atoms with Crippen molar-refractivity contribution in [1.82, 2.24) is 14.5 Å². The summed E-state index contributed by atoms with van der Waals surface area (Å²) in [6, 6.07) is 15.9. The van der Waals surface area contributed by atoms with Crippen molar-refractivity contribution in [2.75, 3.05) is 17.6 Å². The number of hydrogen-bond acceptors (Lipinski definition) is 7. The standard InChI is InChI=1S/C29H25F2N5O4S/c1-16(2)20-6-4-5-7-25(20)36-28(37)21-12-17(8-10-23(21)34-29(36)32)18-13-24(27(40-3)33-15-18)35-41(38,39)26-11-9-19(30)14-22(26)31/h4-16,35H,1-3H3,(H2,32,34). The van der Waals surface area contributed by atoms with E-state index in [1.165, 1.54) is 23.9 Å². The number of nitrogens with one attached hydrogen (secondary N) is 1. The second-order valence-electron chi connectivity index (χ2n) is 9.52. The molecule has 0 fully saturated rings. The summed E-state index contributed by atoms with van der Waals surface area (Å²) in [6.45, 7) is 4.03. The maximum Gasteiger partial charge on any atom is 0.267 e. The van der Waals surface area contributed by atoms with Crippen molar-refractivity contribution in [3.8, 4) is 22.7 Å². The summed E-state index contributed by atoms with van der Waals surface area (Å²) < 4.78 is 62.3. The first-order valence-electron chi connectivity index (χ1n) is 12.4. The molecule has 0 saturated carbocycles. The molecule has 5 aromatic rings. The van der Waals surface area contributed by atoms with Gasteiger partial charge < -0.3 is 10.5 Å². The highest BCUT2D eigenvalue weighted by Crippen LogP contribution is 2.32. The summed E-state index contributed by atoms with van der Waals surface area (Å²) in [5, 5.41) is 0.279. The van der Waals surface area contributed by atoms with E-state index in [1.54, 1.807) is 24.3 Å². The minimum Gasteiger partial charge on any atom is -0.480 e. The second-order valence-corrected chi connectivity index (χ2v) is 11.2. The normalized spacial score (nSPS) is 11.7. The van der Waals surface area contributed by atoms with Crippen LogP contribution in [-0.2, 0) is 10.0 Å². The van der Waals surface area contributed by atoms with Crippen molar-refractivity contribution in [2.45, 2.75) is 24.7 Å². The number of benzene rings is 3. The molecule has 0 amide bonds. The van der Waals surface area contributed by atoms with Crippen LogP contribution >= 0.6 is 0 Å². The average Bonchev–Trinajstić information content (AvgIpc) is 2.92. The number of hydrogen-bond donors (Lipinski definition) is 2. The van der Waals surface area contributed by atoms with Gasteiger partial charge in [-0.2, -0.15) is 0 Å². The fraction of sp³-hybridized carbons (Fsp3) is 0.138. The van der Waals surface area contributed by atoms with Gasteiger partial charge in [-0.15, -0.1) is 0 Å². The molecule has 12 heteroatoms. The molecule has 0 aliphatic heterocycles. The van der Waals surface area contributed by atoms with Gasteiger partial charge in [0.15, 0.2) is 0 Å². The van der Waals surface area contributed by atoms with Crippen LogP contribution in [0.25, 0.3) is 27.7 Å². The monoisotopic (exact) mass is 577 g/mol. The number of methoxy groups -OCH3 is 1. The van der Waals surface area contributed by atoms with Crippen LogP contribution in [0.1, 0.15) is 25.3 Å². The first-order valence-corrected chi connectivity index (χ1v) is 13.9. The highest BCUT2D eigenvalue weighted by atomic mass is 32.2. The molecule has 0 atom stereocenters. The first-order chi connectivity index (χ1) is 19.5. The van der Waals surface area contributed by atoms with Crippen LogP contribution in [0.5, 0.6) is 5.88 Å². The fourth-order valence-electron chi connectivity index (χ4n) is 4.53. The van der Waals surface area contributed by atoms with E-state index in [0.717, 1.165) is 17.7 Å². The van der Waals surface area contributed by atoms with E-state index in [9.17, 15) is 22.0 Å². The Morgan fingerprint density at radius 3 is 2.46 bits per heavy atom. The first kappa shape index (κ1) is 27.7. The third-order valence-electron chi connectivity index (χ3n) is 6.50. The zero-order valence-electron chi connectivity index (χ0n) is 22.2. The number of nitrogen functional groups attached to an aromatic ring is 1. The van der Waals surface area contributed by atoms with E-state index >= 15 is 0 Å². The molecule has 210 valence electrons. The number of pyridine rings is 1. The van der Waals surface area contributed by atoms with Crippen molar-refractivity contribution >= 4 is 32.6 Å². The number of fused-ring (bicyclic) bond motifs is 1. The van der Waals surface area contributed by atoms with E-state index < -0.39 is 26.6 Å². The van der Waals surface area contributed by atoms with E-state index in [0.29, 0.717) is 28.4 Å². The summed E-state index contributed by atoms with van der Waals surface area (Å²) in [4.78, 5) is 21.6. The zero-order chi connectivity index (χ0) is 29.5. The lowest BCUT2D eigenvalue weighted by molar-refractivity contribution is 0.400. The second kappa shape index (κ2) is 10.6. The van der Waals surface area contributed by atoms with Crippen molar-refractivity contribution in [3.05, 3.63) is 100 Å². The van der Waals surface area contributed by atoms with E-state index in [-0.39, 0.29) is 34.4 Å². The van der Waals surface area contributed by atoms with E-state index in [4.69, 9.17) is 10.5 Å². The Hall–Kier alpha value is -4.84. The number of anilines is 2. The van der Waals surface area contributed by atoms with Crippen molar-refractivity contribution in [2.24, 2.45) is 0 Å². The Balaban J connectivity index is 1.61. The summed E-state index contributed by atoms with van der Waals surface area (Å²) in [5.41, 5.74) is 8.64. The summed E-state index contributed by atoms with van der Waals surface area (Å²) in [5.74, 6) is -2.09. The third-order valence-corrected chi connectivity index (χ3v) is 7.90. The van der Waals surface area contributed by atoms with Gasteiger partial charge in [-0.3, -0.25) is 9.52 Å². The molecule has 0 bridgehead atoms. The van der Waals surface area contributed by atoms with Gasteiger partial charge in [0.05, 0.1) is 23.7 Å². The number of nitrogens with two attached hydrogens (primary N) is 1. The lowest BCUT2D eigenvalue weighted by Crippen LogP contribution is -2.24. The van der Waals surface area contributed by atoms with Crippen molar-refractivity contribution in [1.29, 1.82) is 0 Å². The van der Waals surface area contributed by atoms with Crippen LogP contribution in [0.2, 0.25) is 0 Å². The number of aromatic nitrogens is 3.